The van der Waals surface area contributed by atoms with Crippen LogP contribution in [0.3, 0.4) is 0 Å². The van der Waals surface area contributed by atoms with Gasteiger partial charge < -0.3 is 31.7 Å². The number of rotatable bonds is 9. The molecule has 24 heavy (non-hydrogen) atoms. The molecular formula is C18H31N3O3. The third-order valence-corrected chi connectivity index (χ3v) is 3.28. The lowest BCUT2D eigenvalue weighted by atomic mass is 10.1. The second-order valence-corrected chi connectivity index (χ2v) is 5.34. The molecule has 136 valence electrons. The van der Waals surface area contributed by atoms with Crippen molar-refractivity contribution in [2.45, 2.75) is 38.8 Å². The van der Waals surface area contributed by atoms with Gasteiger partial charge in [-0.2, -0.15) is 0 Å². The Morgan fingerprint density at radius 1 is 1.29 bits per heavy atom. The number of aliphatic hydroxyl groups is 1. The third kappa shape index (κ3) is 9.76. The predicted octanol–water partition coefficient (Wildman–Crippen LogP) is 2.23. The van der Waals surface area contributed by atoms with Crippen LogP contribution in [0, 0.1) is 0 Å². The van der Waals surface area contributed by atoms with Crippen molar-refractivity contribution in [1.29, 1.82) is 0 Å². The van der Waals surface area contributed by atoms with E-state index in [1.165, 1.54) is 18.6 Å². The minimum atomic E-state index is -0.0485. The maximum absolute atomic E-state index is 9.56. The van der Waals surface area contributed by atoms with Crippen molar-refractivity contribution in [1.82, 2.24) is 10.6 Å². The molecule has 1 atom stereocenters. The standard InChI is InChI=1S/C11H17N3O2.C7H14O/c1-7(13-2)14-6-10(12)9-4-3-8(15)5-11(9)16;1-2-3-4-5-6-7-8/h3-7,13-16H,12H2,1-2H3;2,8H,1,3-7H2/b10-6-;. The minimum absolute atomic E-state index is 0.00519. The smallest absolute Gasteiger partial charge is 0.128 e. The number of hydrogen-bond donors (Lipinski definition) is 6. The molecule has 0 saturated carbocycles. The largest absolute Gasteiger partial charge is 0.508 e. The van der Waals surface area contributed by atoms with Crippen LogP contribution in [0.4, 0.5) is 0 Å². The molecule has 0 aliphatic carbocycles. The first-order valence-electron chi connectivity index (χ1n) is 8.09. The Hall–Kier alpha value is -2.18. The lowest BCUT2D eigenvalue weighted by Crippen LogP contribution is -2.34. The van der Waals surface area contributed by atoms with E-state index in [2.05, 4.69) is 17.2 Å². The fourth-order valence-corrected chi connectivity index (χ4v) is 1.72. The number of phenols is 2. The van der Waals surface area contributed by atoms with Crippen LogP contribution >= 0.6 is 0 Å². The van der Waals surface area contributed by atoms with Crippen LogP contribution in [-0.4, -0.2) is 35.1 Å². The Kier molecular flexibility index (Phi) is 12.1. The highest BCUT2D eigenvalue weighted by Crippen LogP contribution is 2.25. The number of allylic oxidation sites excluding steroid dienone is 1. The second-order valence-electron chi connectivity index (χ2n) is 5.34. The molecule has 0 heterocycles. The van der Waals surface area contributed by atoms with E-state index >= 15 is 0 Å². The Balaban J connectivity index is 0.000000561. The van der Waals surface area contributed by atoms with E-state index in [-0.39, 0.29) is 17.7 Å². The van der Waals surface area contributed by atoms with Gasteiger partial charge in [0.1, 0.15) is 11.5 Å². The van der Waals surface area contributed by atoms with Crippen molar-refractivity contribution in [2.75, 3.05) is 13.7 Å². The molecule has 0 aromatic heterocycles. The van der Waals surface area contributed by atoms with Gasteiger partial charge in [0.2, 0.25) is 0 Å². The van der Waals surface area contributed by atoms with Crippen LogP contribution in [0.2, 0.25) is 0 Å². The van der Waals surface area contributed by atoms with E-state index < -0.39 is 0 Å². The minimum Gasteiger partial charge on any atom is -0.508 e. The summed E-state index contributed by atoms with van der Waals surface area (Å²) in [6.45, 7) is 5.86. The van der Waals surface area contributed by atoms with E-state index in [1.807, 2.05) is 20.0 Å². The van der Waals surface area contributed by atoms with Gasteiger partial charge in [0.15, 0.2) is 0 Å². The van der Waals surface area contributed by atoms with Gasteiger partial charge in [-0.3, -0.25) is 0 Å². The molecule has 7 N–H and O–H groups in total. The average Bonchev–Trinajstić information content (AvgIpc) is 2.57. The number of nitrogens with two attached hydrogens (primary N) is 1. The van der Waals surface area contributed by atoms with E-state index in [0.29, 0.717) is 17.9 Å². The summed E-state index contributed by atoms with van der Waals surface area (Å²) in [4.78, 5) is 0. The number of unbranched alkanes of at least 4 members (excludes halogenated alkanes) is 3. The van der Waals surface area contributed by atoms with Gasteiger partial charge in [-0.25, -0.2) is 0 Å². The molecule has 0 aliphatic rings. The zero-order valence-electron chi connectivity index (χ0n) is 14.6. The first kappa shape index (κ1) is 21.8. The SMILES string of the molecule is C=CCCCCCO.CNC(C)N/C=C(\N)c1ccc(O)cc1O. The molecule has 6 heteroatoms. The summed E-state index contributed by atoms with van der Waals surface area (Å²) in [5, 5.41) is 33.0. The van der Waals surface area contributed by atoms with Gasteiger partial charge in [-0.15, -0.1) is 6.58 Å². The lowest BCUT2D eigenvalue weighted by Gasteiger charge is -2.11. The predicted molar refractivity (Wildman–Crippen MR) is 99.3 cm³/mol. The zero-order valence-corrected chi connectivity index (χ0v) is 14.6. The molecule has 0 amide bonds. The van der Waals surface area contributed by atoms with E-state index in [4.69, 9.17) is 15.9 Å². The van der Waals surface area contributed by atoms with E-state index in [0.717, 1.165) is 19.3 Å². The number of nitrogens with one attached hydrogen (secondary N) is 2. The van der Waals surface area contributed by atoms with Crippen LogP contribution in [-0.2, 0) is 0 Å². The molecular weight excluding hydrogens is 306 g/mol. The molecule has 1 aromatic rings. The molecule has 1 aromatic carbocycles. The van der Waals surface area contributed by atoms with Crippen molar-refractivity contribution in [3.63, 3.8) is 0 Å². The summed E-state index contributed by atoms with van der Waals surface area (Å²) in [6.07, 6.45) is 7.92. The zero-order chi connectivity index (χ0) is 18.4. The summed E-state index contributed by atoms with van der Waals surface area (Å²) in [5.74, 6) is -0.0433. The van der Waals surface area contributed by atoms with Crippen LogP contribution in [0.25, 0.3) is 5.70 Å². The molecule has 1 unspecified atom stereocenters. The first-order valence-corrected chi connectivity index (χ1v) is 8.09. The number of aliphatic hydroxyl groups excluding tert-OH is 1. The van der Waals surface area contributed by atoms with Crippen LogP contribution in [0.15, 0.2) is 37.1 Å². The maximum atomic E-state index is 9.56. The van der Waals surface area contributed by atoms with Gasteiger partial charge in [-0.1, -0.05) is 12.5 Å². The average molecular weight is 337 g/mol. The van der Waals surface area contributed by atoms with Crippen LogP contribution < -0.4 is 16.4 Å². The highest BCUT2D eigenvalue weighted by atomic mass is 16.3. The lowest BCUT2D eigenvalue weighted by molar-refractivity contribution is 0.283. The highest BCUT2D eigenvalue weighted by Gasteiger charge is 2.05. The number of hydrogen-bond acceptors (Lipinski definition) is 6. The van der Waals surface area contributed by atoms with Crippen LogP contribution in [0.5, 0.6) is 11.5 Å². The van der Waals surface area contributed by atoms with Crippen molar-refractivity contribution in [3.05, 3.63) is 42.6 Å². The van der Waals surface area contributed by atoms with Gasteiger partial charge in [0.25, 0.3) is 0 Å². The highest BCUT2D eigenvalue weighted by molar-refractivity contribution is 5.68. The van der Waals surface area contributed by atoms with E-state index in [1.54, 1.807) is 12.3 Å². The molecule has 0 bridgehead atoms. The van der Waals surface area contributed by atoms with Gasteiger partial charge in [0.05, 0.1) is 11.9 Å². The molecule has 0 fully saturated rings. The number of benzene rings is 1. The summed E-state index contributed by atoms with van der Waals surface area (Å²) in [5.41, 5.74) is 6.66. The van der Waals surface area contributed by atoms with Gasteiger partial charge in [0, 0.05) is 24.4 Å². The summed E-state index contributed by atoms with van der Waals surface area (Å²) in [6, 6.07) is 4.27. The van der Waals surface area contributed by atoms with Gasteiger partial charge in [-0.05, 0) is 45.4 Å². The quantitative estimate of drug-likeness (QED) is 0.234. The van der Waals surface area contributed by atoms with Crippen molar-refractivity contribution >= 4 is 5.70 Å². The van der Waals surface area contributed by atoms with Crippen molar-refractivity contribution < 1.29 is 15.3 Å². The molecule has 6 nitrogen and oxygen atoms in total. The Morgan fingerprint density at radius 3 is 2.54 bits per heavy atom. The molecule has 0 radical (unpaired) electrons. The summed E-state index contributed by atoms with van der Waals surface area (Å²) in [7, 11) is 1.82. The molecule has 0 spiro atoms. The second kappa shape index (κ2) is 13.3. The Bertz CT molecular complexity index is 504. The maximum Gasteiger partial charge on any atom is 0.128 e. The van der Waals surface area contributed by atoms with Crippen LogP contribution in [0.1, 0.15) is 38.2 Å². The molecule has 1 rings (SSSR count). The first-order chi connectivity index (χ1) is 11.5. The fourth-order valence-electron chi connectivity index (χ4n) is 1.72. The van der Waals surface area contributed by atoms with Gasteiger partial charge >= 0.3 is 0 Å². The fraction of sp³-hybridized carbons (Fsp3) is 0.444. The summed E-state index contributed by atoms with van der Waals surface area (Å²) >= 11 is 0. The summed E-state index contributed by atoms with van der Waals surface area (Å²) < 4.78 is 0. The molecule has 0 aliphatic heterocycles. The normalized spacial score (nSPS) is 12.0. The number of phenolic OH excluding ortho intramolecular Hbond substituents is 2. The monoisotopic (exact) mass is 337 g/mol. The van der Waals surface area contributed by atoms with Crippen molar-refractivity contribution in [2.24, 2.45) is 5.73 Å². The third-order valence-electron chi connectivity index (χ3n) is 3.28. The van der Waals surface area contributed by atoms with Crippen molar-refractivity contribution in [3.8, 4) is 11.5 Å². The van der Waals surface area contributed by atoms with E-state index in [9.17, 15) is 5.11 Å². The Labute approximate surface area is 144 Å². The Morgan fingerprint density at radius 2 is 2.00 bits per heavy atom. The topological polar surface area (TPSA) is 111 Å². The number of aromatic hydroxyl groups is 2. The molecule has 0 saturated heterocycles.